The monoisotopic (exact) mass is 298 g/mol. The summed E-state index contributed by atoms with van der Waals surface area (Å²) in [6, 6.07) is 8.24. The molecule has 1 atom stereocenters. The molecule has 1 aliphatic carbocycles. The van der Waals surface area contributed by atoms with Crippen LogP contribution in [0.2, 0.25) is 0 Å². The van der Waals surface area contributed by atoms with Crippen molar-refractivity contribution >= 4 is 5.78 Å². The van der Waals surface area contributed by atoms with Gasteiger partial charge in [-0.1, -0.05) is 12.1 Å². The molecule has 0 saturated carbocycles. The lowest BCUT2D eigenvalue weighted by atomic mass is 9.90. The van der Waals surface area contributed by atoms with E-state index in [1.165, 1.54) is 12.1 Å². The molecule has 0 saturated heterocycles. The first-order valence-corrected chi connectivity index (χ1v) is 7.33. The van der Waals surface area contributed by atoms with Crippen LogP contribution in [0.1, 0.15) is 45.8 Å². The molecule has 1 unspecified atom stereocenters. The molecule has 0 bridgehead atoms. The van der Waals surface area contributed by atoms with Gasteiger partial charge in [-0.3, -0.25) is 4.79 Å². The summed E-state index contributed by atoms with van der Waals surface area (Å²) in [4.78, 5) is 12.5. The quantitative estimate of drug-likeness (QED) is 0.557. The van der Waals surface area contributed by atoms with E-state index in [4.69, 9.17) is 0 Å². The molecule has 2 aromatic carbocycles. The number of phenolic OH excluding ortho intramolecular Hbond substituents is 3. The molecule has 0 amide bonds. The van der Waals surface area contributed by atoms with Crippen LogP contribution in [0.3, 0.4) is 0 Å². The maximum absolute atomic E-state index is 12.5. The highest BCUT2D eigenvalue weighted by Crippen LogP contribution is 2.37. The summed E-state index contributed by atoms with van der Waals surface area (Å²) in [6.45, 7) is 1.89. The van der Waals surface area contributed by atoms with E-state index in [1.54, 1.807) is 12.1 Å². The minimum Gasteiger partial charge on any atom is -0.507 e. The number of hydrogen-bond acceptors (Lipinski definition) is 4. The van der Waals surface area contributed by atoms with Crippen LogP contribution in [0.25, 0.3) is 0 Å². The number of carbonyl (C=O) groups is 1. The van der Waals surface area contributed by atoms with Gasteiger partial charge in [0, 0.05) is 6.42 Å². The predicted molar refractivity (Wildman–Crippen MR) is 82.6 cm³/mol. The van der Waals surface area contributed by atoms with E-state index >= 15 is 0 Å². The molecule has 3 N–H and O–H groups in total. The third-order valence-corrected chi connectivity index (χ3v) is 4.29. The average molecular weight is 298 g/mol. The van der Waals surface area contributed by atoms with Gasteiger partial charge in [0.25, 0.3) is 0 Å². The number of Topliss-reactive ketones (excluding diaryl/α,β-unsaturated/α-hetero) is 1. The van der Waals surface area contributed by atoms with Crippen LogP contribution in [0, 0.1) is 6.92 Å². The SMILES string of the molecule is Cc1cc(O)c2c(c1)CCC(c1ccc(O)c(O)c1)CC2=O. The van der Waals surface area contributed by atoms with Crippen LogP contribution < -0.4 is 0 Å². The zero-order valence-electron chi connectivity index (χ0n) is 12.3. The number of ketones is 1. The third-order valence-electron chi connectivity index (χ3n) is 4.29. The fraction of sp³-hybridized carbons (Fsp3) is 0.278. The third kappa shape index (κ3) is 2.52. The van der Waals surface area contributed by atoms with Crippen LogP contribution >= 0.6 is 0 Å². The molecule has 0 heterocycles. The highest BCUT2D eigenvalue weighted by Gasteiger charge is 2.26. The van der Waals surface area contributed by atoms with Gasteiger partial charge in [0.05, 0.1) is 5.56 Å². The maximum atomic E-state index is 12.5. The van der Waals surface area contributed by atoms with Crippen molar-refractivity contribution in [3.05, 3.63) is 52.6 Å². The van der Waals surface area contributed by atoms with E-state index in [9.17, 15) is 20.1 Å². The van der Waals surface area contributed by atoms with Crippen LogP contribution in [0.15, 0.2) is 30.3 Å². The maximum Gasteiger partial charge on any atom is 0.167 e. The van der Waals surface area contributed by atoms with Gasteiger partial charge < -0.3 is 15.3 Å². The number of hydrogen-bond donors (Lipinski definition) is 3. The molecule has 0 aliphatic heterocycles. The summed E-state index contributed by atoms with van der Waals surface area (Å²) in [7, 11) is 0. The van der Waals surface area contributed by atoms with E-state index < -0.39 is 0 Å². The smallest absolute Gasteiger partial charge is 0.167 e. The number of fused-ring (bicyclic) bond motifs is 1. The average Bonchev–Trinajstić information content (AvgIpc) is 2.61. The van der Waals surface area contributed by atoms with Crippen molar-refractivity contribution < 1.29 is 20.1 Å². The van der Waals surface area contributed by atoms with Gasteiger partial charge in [-0.25, -0.2) is 0 Å². The van der Waals surface area contributed by atoms with Crippen molar-refractivity contribution in [2.75, 3.05) is 0 Å². The highest BCUT2D eigenvalue weighted by atomic mass is 16.3. The van der Waals surface area contributed by atoms with E-state index in [1.807, 2.05) is 13.0 Å². The Morgan fingerprint density at radius 1 is 1.00 bits per heavy atom. The molecule has 0 aromatic heterocycles. The number of carbonyl (C=O) groups excluding carboxylic acids is 1. The topological polar surface area (TPSA) is 77.8 Å². The summed E-state index contributed by atoms with van der Waals surface area (Å²) in [5, 5.41) is 29.1. The molecule has 0 radical (unpaired) electrons. The predicted octanol–water partition coefficient (Wildman–Crippen LogP) is 3.41. The van der Waals surface area contributed by atoms with Gasteiger partial charge in [0.15, 0.2) is 17.3 Å². The highest BCUT2D eigenvalue weighted by molar-refractivity contribution is 6.01. The molecule has 4 nitrogen and oxygen atoms in total. The second kappa shape index (κ2) is 5.37. The van der Waals surface area contributed by atoms with Gasteiger partial charge in [-0.05, 0) is 60.6 Å². The van der Waals surface area contributed by atoms with Gasteiger partial charge in [0.2, 0.25) is 0 Å². The van der Waals surface area contributed by atoms with Crippen molar-refractivity contribution in [3.8, 4) is 17.2 Å². The number of aromatic hydroxyl groups is 3. The fourth-order valence-corrected chi connectivity index (χ4v) is 3.20. The Morgan fingerprint density at radius 2 is 1.77 bits per heavy atom. The van der Waals surface area contributed by atoms with Crippen LogP contribution in [-0.4, -0.2) is 21.1 Å². The summed E-state index contributed by atoms with van der Waals surface area (Å²) in [6.07, 6.45) is 1.74. The molecule has 0 fully saturated rings. The Balaban J connectivity index is 1.96. The van der Waals surface area contributed by atoms with Gasteiger partial charge in [0.1, 0.15) is 5.75 Å². The zero-order chi connectivity index (χ0) is 15.9. The second-order valence-electron chi connectivity index (χ2n) is 5.93. The van der Waals surface area contributed by atoms with Crippen molar-refractivity contribution in [1.82, 2.24) is 0 Å². The van der Waals surface area contributed by atoms with Crippen LogP contribution in [-0.2, 0) is 6.42 Å². The molecule has 4 heteroatoms. The minimum absolute atomic E-state index is 0.0360. The molecule has 2 aromatic rings. The number of benzene rings is 2. The van der Waals surface area contributed by atoms with Crippen LogP contribution in [0.5, 0.6) is 17.2 Å². The number of rotatable bonds is 1. The van der Waals surface area contributed by atoms with Gasteiger partial charge in [-0.2, -0.15) is 0 Å². The summed E-state index contributed by atoms with van der Waals surface area (Å²) >= 11 is 0. The standard InChI is InChI=1S/C18H18O4/c1-10-6-13-3-2-11(9-17(22)18(13)16(21)7-10)12-4-5-14(19)15(20)8-12/h4-8,11,19-21H,2-3,9H2,1H3. The van der Waals surface area contributed by atoms with E-state index in [2.05, 4.69) is 0 Å². The van der Waals surface area contributed by atoms with Gasteiger partial charge >= 0.3 is 0 Å². The largest absolute Gasteiger partial charge is 0.507 e. The summed E-state index contributed by atoms with van der Waals surface area (Å²) in [5.41, 5.74) is 3.07. The molecular formula is C18H18O4. The molecule has 1 aliphatic rings. The summed E-state index contributed by atoms with van der Waals surface area (Å²) < 4.78 is 0. The normalized spacial score (nSPS) is 17.9. The first-order valence-electron chi connectivity index (χ1n) is 7.33. The van der Waals surface area contributed by atoms with Crippen molar-refractivity contribution in [2.45, 2.75) is 32.1 Å². The van der Waals surface area contributed by atoms with Crippen molar-refractivity contribution in [2.24, 2.45) is 0 Å². The molecular weight excluding hydrogens is 280 g/mol. The zero-order valence-corrected chi connectivity index (χ0v) is 12.3. The lowest BCUT2D eigenvalue weighted by Crippen LogP contribution is -2.05. The first-order chi connectivity index (χ1) is 10.5. The van der Waals surface area contributed by atoms with Crippen LogP contribution in [0.4, 0.5) is 0 Å². The molecule has 114 valence electrons. The second-order valence-corrected chi connectivity index (χ2v) is 5.93. The Hall–Kier alpha value is -2.49. The molecule has 3 rings (SSSR count). The fourth-order valence-electron chi connectivity index (χ4n) is 3.20. The number of phenols is 3. The van der Waals surface area contributed by atoms with E-state index in [-0.39, 0.29) is 35.4 Å². The van der Waals surface area contributed by atoms with Crippen molar-refractivity contribution in [1.29, 1.82) is 0 Å². The lowest BCUT2D eigenvalue weighted by molar-refractivity contribution is 0.0973. The van der Waals surface area contributed by atoms with E-state index in [0.29, 0.717) is 12.0 Å². The van der Waals surface area contributed by atoms with Gasteiger partial charge in [-0.15, -0.1) is 0 Å². The minimum atomic E-state index is -0.176. The van der Waals surface area contributed by atoms with E-state index in [0.717, 1.165) is 23.1 Å². The Labute approximate surface area is 128 Å². The molecule has 22 heavy (non-hydrogen) atoms. The summed E-state index contributed by atoms with van der Waals surface area (Å²) in [5.74, 6) is -0.409. The Bertz CT molecular complexity index is 749. The lowest BCUT2D eigenvalue weighted by Gasteiger charge is -2.14. The first kappa shape index (κ1) is 14.4. The number of aryl methyl sites for hydroxylation is 2. The Morgan fingerprint density at radius 3 is 2.50 bits per heavy atom. The van der Waals surface area contributed by atoms with Crippen molar-refractivity contribution in [3.63, 3.8) is 0 Å². The molecule has 0 spiro atoms. The Kier molecular flexibility index (Phi) is 3.53.